The molecule has 0 aromatic heterocycles. The van der Waals surface area contributed by atoms with E-state index >= 15 is 0 Å². The van der Waals surface area contributed by atoms with Gasteiger partial charge in [0.2, 0.25) is 5.75 Å². The molecule has 7 nitrogen and oxygen atoms in total. The SMILES string of the molecule is CCC(CNC(=O)OC(C)(C)C)NCc1ccc(O)c(O)c1O. The van der Waals surface area contributed by atoms with Gasteiger partial charge in [-0.25, -0.2) is 4.79 Å². The van der Waals surface area contributed by atoms with E-state index in [1.54, 1.807) is 20.8 Å². The molecule has 0 saturated heterocycles. The summed E-state index contributed by atoms with van der Waals surface area (Å²) in [5.41, 5.74) is -0.0924. The van der Waals surface area contributed by atoms with Crippen LogP contribution in [-0.4, -0.2) is 39.6 Å². The van der Waals surface area contributed by atoms with Gasteiger partial charge in [0.05, 0.1) is 0 Å². The quantitative estimate of drug-likeness (QED) is 0.513. The Hall–Kier alpha value is -2.15. The largest absolute Gasteiger partial charge is 0.504 e. The highest BCUT2D eigenvalue weighted by Crippen LogP contribution is 2.36. The van der Waals surface area contributed by atoms with Gasteiger partial charge in [-0.3, -0.25) is 0 Å². The van der Waals surface area contributed by atoms with Gasteiger partial charge >= 0.3 is 6.09 Å². The number of ether oxygens (including phenoxy) is 1. The smallest absolute Gasteiger partial charge is 0.407 e. The molecule has 0 aliphatic rings. The number of alkyl carbamates (subject to hydrolysis) is 1. The molecule has 7 heteroatoms. The van der Waals surface area contributed by atoms with Crippen molar-refractivity contribution in [2.45, 2.75) is 52.3 Å². The highest BCUT2D eigenvalue weighted by molar-refractivity contribution is 5.67. The van der Waals surface area contributed by atoms with Crippen LogP contribution in [0.15, 0.2) is 12.1 Å². The molecule has 130 valence electrons. The minimum Gasteiger partial charge on any atom is -0.504 e. The first kappa shape index (κ1) is 18.9. The average Bonchev–Trinajstić information content (AvgIpc) is 2.45. The molecule has 1 atom stereocenters. The predicted octanol–water partition coefficient (Wildman–Crippen LogP) is 2.20. The van der Waals surface area contributed by atoms with Crippen LogP contribution in [0.4, 0.5) is 4.79 Å². The third-order valence-electron chi connectivity index (χ3n) is 3.18. The molecule has 1 rings (SSSR count). The molecule has 0 aliphatic carbocycles. The third-order valence-corrected chi connectivity index (χ3v) is 3.18. The summed E-state index contributed by atoms with van der Waals surface area (Å²) < 4.78 is 5.16. The Balaban J connectivity index is 2.51. The molecule has 0 heterocycles. The summed E-state index contributed by atoms with van der Waals surface area (Å²) in [6.45, 7) is 8.00. The van der Waals surface area contributed by atoms with Crippen molar-refractivity contribution in [3.63, 3.8) is 0 Å². The molecule has 0 spiro atoms. The summed E-state index contributed by atoms with van der Waals surface area (Å²) in [7, 11) is 0. The Kier molecular flexibility index (Phi) is 6.50. The van der Waals surface area contributed by atoms with Crippen LogP contribution in [0.25, 0.3) is 0 Å². The number of nitrogens with one attached hydrogen (secondary N) is 2. The Bertz CT molecular complexity index is 540. The monoisotopic (exact) mass is 326 g/mol. The van der Waals surface area contributed by atoms with Gasteiger partial charge < -0.3 is 30.7 Å². The van der Waals surface area contributed by atoms with Gasteiger partial charge in [0.25, 0.3) is 0 Å². The van der Waals surface area contributed by atoms with E-state index in [4.69, 9.17) is 4.74 Å². The first-order valence-electron chi connectivity index (χ1n) is 7.57. The minimum atomic E-state index is -0.547. The number of amides is 1. The van der Waals surface area contributed by atoms with E-state index in [2.05, 4.69) is 10.6 Å². The van der Waals surface area contributed by atoms with E-state index in [1.165, 1.54) is 12.1 Å². The van der Waals surface area contributed by atoms with E-state index in [9.17, 15) is 20.1 Å². The zero-order chi connectivity index (χ0) is 17.6. The number of phenols is 3. The lowest BCUT2D eigenvalue weighted by atomic mass is 10.1. The number of carbonyl (C=O) groups is 1. The molecule has 0 aliphatic heterocycles. The van der Waals surface area contributed by atoms with Crippen molar-refractivity contribution in [1.82, 2.24) is 10.6 Å². The second-order valence-electron chi connectivity index (χ2n) is 6.31. The fraction of sp³-hybridized carbons (Fsp3) is 0.562. The Labute approximate surface area is 136 Å². The summed E-state index contributed by atoms with van der Waals surface area (Å²) in [6.07, 6.45) is 0.267. The number of carbonyl (C=O) groups excluding carboxylic acids is 1. The first-order chi connectivity index (χ1) is 10.6. The predicted molar refractivity (Wildman–Crippen MR) is 86.6 cm³/mol. The average molecular weight is 326 g/mol. The maximum absolute atomic E-state index is 11.6. The van der Waals surface area contributed by atoms with Crippen LogP contribution in [0.1, 0.15) is 39.7 Å². The molecule has 23 heavy (non-hydrogen) atoms. The molecule has 0 bridgehead atoms. The van der Waals surface area contributed by atoms with Crippen LogP contribution >= 0.6 is 0 Å². The second-order valence-corrected chi connectivity index (χ2v) is 6.31. The summed E-state index contributed by atoms with van der Waals surface area (Å²) in [5.74, 6) is -1.26. The molecule has 1 unspecified atom stereocenters. The van der Waals surface area contributed by atoms with Gasteiger partial charge in [0, 0.05) is 24.7 Å². The highest BCUT2D eigenvalue weighted by Gasteiger charge is 2.17. The van der Waals surface area contributed by atoms with Crippen molar-refractivity contribution in [2.75, 3.05) is 6.54 Å². The highest BCUT2D eigenvalue weighted by atomic mass is 16.6. The second kappa shape index (κ2) is 7.92. The van der Waals surface area contributed by atoms with Crippen LogP contribution in [0.5, 0.6) is 17.2 Å². The molecule has 0 radical (unpaired) electrons. The lowest BCUT2D eigenvalue weighted by molar-refractivity contribution is 0.0522. The van der Waals surface area contributed by atoms with E-state index in [0.29, 0.717) is 12.1 Å². The summed E-state index contributed by atoms with van der Waals surface area (Å²) in [4.78, 5) is 11.6. The molecule has 0 saturated carbocycles. The summed E-state index contributed by atoms with van der Waals surface area (Å²) in [5, 5.41) is 34.4. The summed E-state index contributed by atoms with van der Waals surface area (Å²) in [6, 6.07) is 2.80. The molecule has 1 aromatic carbocycles. The molecular weight excluding hydrogens is 300 g/mol. The van der Waals surface area contributed by atoms with Crippen molar-refractivity contribution in [2.24, 2.45) is 0 Å². The normalized spacial score (nSPS) is 12.7. The number of rotatable bonds is 6. The number of aromatic hydroxyl groups is 3. The Morgan fingerprint density at radius 3 is 2.43 bits per heavy atom. The minimum absolute atomic E-state index is 0.0298. The topological polar surface area (TPSA) is 111 Å². The van der Waals surface area contributed by atoms with Crippen LogP contribution in [-0.2, 0) is 11.3 Å². The van der Waals surface area contributed by atoms with Crippen LogP contribution in [0.3, 0.4) is 0 Å². The van der Waals surface area contributed by atoms with Crippen molar-refractivity contribution < 1.29 is 24.9 Å². The Morgan fingerprint density at radius 2 is 1.87 bits per heavy atom. The van der Waals surface area contributed by atoms with E-state index in [0.717, 1.165) is 6.42 Å². The van der Waals surface area contributed by atoms with Gasteiger partial charge in [0.15, 0.2) is 11.5 Å². The zero-order valence-corrected chi connectivity index (χ0v) is 14.0. The number of benzene rings is 1. The fourth-order valence-corrected chi connectivity index (χ4v) is 1.89. The zero-order valence-electron chi connectivity index (χ0n) is 14.0. The molecular formula is C16H26N2O5. The maximum atomic E-state index is 11.6. The lowest BCUT2D eigenvalue weighted by Crippen LogP contribution is -2.42. The number of hydrogen-bond donors (Lipinski definition) is 5. The van der Waals surface area contributed by atoms with Crippen molar-refractivity contribution in [1.29, 1.82) is 0 Å². The number of phenolic OH excluding ortho intramolecular Hbond substituents is 3. The first-order valence-corrected chi connectivity index (χ1v) is 7.57. The van der Waals surface area contributed by atoms with Crippen molar-refractivity contribution >= 4 is 6.09 Å². The summed E-state index contributed by atoms with van der Waals surface area (Å²) >= 11 is 0. The van der Waals surface area contributed by atoms with E-state index < -0.39 is 17.4 Å². The Morgan fingerprint density at radius 1 is 1.22 bits per heavy atom. The van der Waals surface area contributed by atoms with Crippen LogP contribution in [0, 0.1) is 0 Å². The maximum Gasteiger partial charge on any atom is 0.407 e. The van der Waals surface area contributed by atoms with Gasteiger partial charge in [-0.05, 0) is 33.3 Å². The lowest BCUT2D eigenvalue weighted by Gasteiger charge is -2.22. The van der Waals surface area contributed by atoms with Gasteiger partial charge in [0.1, 0.15) is 5.60 Å². The van der Waals surface area contributed by atoms with Crippen molar-refractivity contribution in [3.8, 4) is 17.2 Å². The standard InChI is InChI=1S/C16H26N2O5/c1-5-11(9-18-15(22)23-16(2,3)4)17-8-10-6-7-12(19)14(21)13(10)20/h6-7,11,17,19-21H,5,8-9H2,1-4H3,(H,18,22). The molecule has 5 N–H and O–H groups in total. The number of hydrogen-bond acceptors (Lipinski definition) is 6. The molecule has 1 aromatic rings. The van der Waals surface area contributed by atoms with Gasteiger partial charge in [-0.2, -0.15) is 0 Å². The molecule has 1 amide bonds. The van der Waals surface area contributed by atoms with Gasteiger partial charge in [-0.15, -0.1) is 0 Å². The van der Waals surface area contributed by atoms with E-state index in [1.807, 2.05) is 6.92 Å². The fourth-order valence-electron chi connectivity index (χ4n) is 1.89. The van der Waals surface area contributed by atoms with Crippen molar-refractivity contribution in [3.05, 3.63) is 17.7 Å². The van der Waals surface area contributed by atoms with Crippen LogP contribution in [0.2, 0.25) is 0 Å². The van der Waals surface area contributed by atoms with Crippen LogP contribution < -0.4 is 10.6 Å². The van der Waals surface area contributed by atoms with Gasteiger partial charge in [-0.1, -0.05) is 13.0 Å². The van der Waals surface area contributed by atoms with E-state index in [-0.39, 0.29) is 24.1 Å². The third kappa shape index (κ3) is 6.23. The molecule has 0 fully saturated rings.